The number of carbonyl (C=O) groups excluding carboxylic acids is 3. The molecule has 0 saturated carbocycles. The van der Waals surface area contributed by atoms with Crippen LogP contribution in [0.4, 0.5) is 0 Å². The number of para-hydroxylation sites is 1. The third-order valence-electron chi connectivity index (χ3n) is 6.85. The monoisotopic (exact) mass is 590 g/mol. The first kappa shape index (κ1) is 29.1. The van der Waals surface area contributed by atoms with Gasteiger partial charge >= 0.3 is 0 Å². The molecular formula is C30H30N4O7S. The van der Waals surface area contributed by atoms with Gasteiger partial charge in [0.15, 0.2) is 16.6 Å². The zero-order valence-corrected chi connectivity index (χ0v) is 23.5. The van der Waals surface area contributed by atoms with Crippen LogP contribution in [0.25, 0.3) is 11.0 Å². The lowest BCUT2D eigenvalue weighted by Gasteiger charge is -2.22. The molecule has 42 heavy (non-hydrogen) atoms. The van der Waals surface area contributed by atoms with Crippen molar-refractivity contribution in [3.63, 3.8) is 0 Å². The quantitative estimate of drug-likeness (QED) is 0.287. The molecule has 12 heteroatoms. The summed E-state index contributed by atoms with van der Waals surface area (Å²) in [5.41, 5.74) is 1.41. The summed E-state index contributed by atoms with van der Waals surface area (Å²) in [7, 11) is -3.98. The summed E-state index contributed by atoms with van der Waals surface area (Å²) in [6.45, 7) is -0.282. The van der Waals surface area contributed by atoms with Gasteiger partial charge in [0.25, 0.3) is 15.9 Å². The van der Waals surface area contributed by atoms with Crippen LogP contribution in [0.3, 0.4) is 0 Å². The largest absolute Gasteiger partial charge is 0.451 e. The fraction of sp³-hybridized carbons (Fsp3) is 0.267. The van der Waals surface area contributed by atoms with Crippen molar-refractivity contribution in [2.45, 2.75) is 36.6 Å². The Morgan fingerprint density at radius 3 is 2.57 bits per heavy atom. The third kappa shape index (κ3) is 6.90. The van der Waals surface area contributed by atoms with E-state index < -0.39 is 46.2 Å². The molecule has 1 aliphatic rings. The summed E-state index contributed by atoms with van der Waals surface area (Å²) < 4.78 is 38.5. The van der Waals surface area contributed by atoms with Gasteiger partial charge in [-0.1, -0.05) is 54.6 Å². The number of ketones is 1. The molecule has 2 N–H and O–H groups in total. The Hall–Kier alpha value is -4.39. The van der Waals surface area contributed by atoms with Gasteiger partial charge in [-0.2, -0.15) is 4.31 Å². The predicted octanol–water partition coefficient (Wildman–Crippen LogP) is 2.68. The SMILES string of the molecule is O=C(N[C@@H](COCc1ccccc1)C(=O)NC1CCCN(S(=O)(=O)c2ccccn2)CC1=O)c1cc2ccccc2o1. The molecular weight excluding hydrogens is 560 g/mol. The number of nitrogens with one attached hydrogen (secondary N) is 2. The van der Waals surface area contributed by atoms with E-state index in [-0.39, 0.29) is 37.0 Å². The van der Waals surface area contributed by atoms with E-state index in [1.54, 1.807) is 36.4 Å². The molecule has 1 aliphatic heterocycles. The number of hydrogen-bond acceptors (Lipinski definition) is 8. The van der Waals surface area contributed by atoms with Gasteiger partial charge in [-0.25, -0.2) is 13.4 Å². The van der Waals surface area contributed by atoms with Gasteiger partial charge in [-0.15, -0.1) is 0 Å². The van der Waals surface area contributed by atoms with Crippen molar-refractivity contribution in [2.75, 3.05) is 19.7 Å². The average Bonchev–Trinajstić information content (AvgIpc) is 3.36. The first-order chi connectivity index (χ1) is 20.3. The van der Waals surface area contributed by atoms with E-state index in [0.717, 1.165) is 15.3 Å². The summed E-state index contributed by atoms with van der Waals surface area (Å²) in [6.07, 6.45) is 1.94. The maximum atomic E-state index is 13.4. The standard InChI is InChI=1S/C30H30N4O7S/c35-25-18-34(42(38,39)28-14-6-7-15-31-28)16-8-12-23(25)32-29(36)24(20-40-19-21-9-2-1-3-10-21)33-30(37)27-17-22-11-4-5-13-26(22)41-27/h1-7,9-11,13-15,17,23-24H,8,12,16,18-20H2,(H,32,36)(H,33,37)/t23?,24-/m0/s1. The number of nitrogens with zero attached hydrogens (tertiary/aromatic N) is 2. The highest BCUT2D eigenvalue weighted by atomic mass is 32.2. The second-order valence-electron chi connectivity index (χ2n) is 9.85. The lowest BCUT2D eigenvalue weighted by atomic mass is 10.1. The van der Waals surface area contributed by atoms with Gasteiger partial charge in [0.05, 0.1) is 25.8 Å². The van der Waals surface area contributed by atoms with Crippen molar-refractivity contribution >= 4 is 38.6 Å². The van der Waals surface area contributed by atoms with Gasteiger partial charge in [0.2, 0.25) is 5.91 Å². The number of ether oxygens (including phenoxy) is 1. The molecule has 2 atom stereocenters. The maximum absolute atomic E-state index is 13.4. The van der Waals surface area contributed by atoms with Gasteiger partial charge < -0.3 is 19.8 Å². The summed E-state index contributed by atoms with van der Waals surface area (Å²) in [5, 5.41) is 5.95. The number of hydrogen-bond donors (Lipinski definition) is 2. The van der Waals surface area contributed by atoms with E-state index >= 15 is 0 Å². The van der Waals surface area contributed by atoms with Crippen molar-refractivity contribution in [1.82, 2.24) is 19.9 Å². The average molecular weight is 591 g/mol. The molecule has 1 fully saturated rings. The molecule has 2 amide bonds. The van der Waals surface area contributed by atoms with Gasteiger partial charge in [-0.3, -0.25) is 14.4 Å². The number of carbonyl (C=O) groups is 3. The summed E-state index contributed by atoms with van der Waals surface area (Å²) in [4.78, 5) is 43.5. The van der Waals surface area contributed by atoms with Gasteiger partial charge in [0, 0.05) is 18.1 Å². The molecule has 0 bridgehead atoms. The molecule has 4 aromatic rings. The second-order valence-corrected chi connectivity index (χ2v) is 11.7. The number of sulfonamides is 1. The molecule has 218 valence electrons. The van der Waals surface area contributed by atoms with E-state index in [4.69, 9.17) is 9.15 Å². The number of furan rings is 1. The number of fused-ring (bicyclic) bond motifs is 1. The van der Waals surface area contributed by atoms with E-state index in [0.29, 0.717) is 12.0 Å². The predicted molar refractivity (Wildman–Crippen MR) is 153 cm³/mol. The zero-order chi connectivity index (χ0) is 29.5. The Morgan fingerprint density at radius 2 is 1.81 bits per heavy atom. The fourth-order valence-electron chi connectivity index (χ4n) is 4.63. The van der Waals surface area contributed by atoms with E-state index in [2.05, 4.69) is 15.6 Å². The second kappa shape index (κ2) is 13.1. The van der Waals surface area contributed by atoms with Gasteiger partial charge in [0.1, 0.15) is 11.6 Å². The number of pyridine rings is 1. The van der Waals surface area contributed by atoms with E-state index in [9.17, 15) is 22.8 Å². The Balaban J connectivity index is 1.27. The van der Waals surface area contributed by atoms with Crippen LogP contribution >= 0.6 is 0 Å². The Bertz CT molecular complexity index is 1630. The number of aromatic nitrogens is 1. The van der Waals surface area contributed by atoms with Crippen molar-refractivity contribution in [3.8, 4) is 0 Å². The third-order valence-corrected chi connectivity index (χ3v) is 8.61. The molecule has 2 aromatic heterocycles. The van der Waals surface area contributed by atoms with Crippen molar-refractivity contribution in [3.05, 3.63) is 96.4 Å². The van der Waals surface area contributed by atoms with Crippen LogP contribution in [0.1, 0.15) is 29.0 Å². The molecule has 0 aliphatic carbocycles. The Morgan fingerprint density at radius 1 is 1.05 bits per heavy atom. The van der Waals surface area contributed by atoms with Crippen LogP contribution in [-0.2, 0) is 31.0 Å². The molecule has 1 saturated heterocycles. The first-order valence-electron chi connectivity index (χ1n) is 13.5. The summed E-state index contributed by atoms with van der Waals surface area (Å²) in [5.74, 6) is -1.69. The van der Waals surface area contributed by atoms with Crippen LogP contribution in [0.5, 0.6) is 0 Å². The molecule has 3 heterocycles. The van der Waals surface area contributed by atoms with Crippen LogP contribution < -0.4 is 10.6 Å². The molecule has 11 nitrogen and oxygen atoms in total. The number of Topliss-reactive ketones (excluding diaryl/α,β-unsaturated/α-hetero) is 1. The number of rotatable bonds is 10. The van der Waals surface area contributed by atoms with Crippen molar-refractivity contribution in [1.29, 1.82) is 0 Å². The zero-order valence-electron chi connectivity index (χ0n) is 22.6. The first-order valence-corrected chi connectivity index (χ1v) is 14.9. The normalized spacial score (nSPS) is 17.0. The topological polar surface area (TPSA) is 148 Å². The summed E-state index contributed by atoms with van der Waals surface area (Å²) in [6, 6.07) is 20.5. The number of benzene rings is 2. The molecule has 0 spiro atoms. The Labute approximate surface area is 242 Å². The number of amides is 2. The molecule has 0 radical (unpaired) electrons. The minimum Gasteiger partial charge on any atom is -0.451 e. The highest BCUT2D eigenvalue weighted by Crippen LogP contribution is 2.20. The van der Waals surface area contributed by atoms with E-state index in [1.165, 1.54) is 12.3 Å². The van der Waals surface area contributed by atoms with Crippen LogP contribution in [-0.4, -0.2) is 67.1 Å². The lowest BCUT2D eigenvalue weighted by molar-refractivity contribution is -0.129. The smallest absolute Gasteiger partial charge is 0.287 e. The van der Waals surface area contributed by atoms with Gasteiger partial charge in [-0.05, 0) is 42.7 Å². The molecule has 1 unspecified atom stereocenters. The van der Waals surface area contributed by atoms with E-state index in [1.807, 2.05) is 36.4 Å². The maximum Gasteiger partial charge on any atom is 0.287 e. The van der Waals surface area contributed by atoms with Crippen LogP contribution in [0.15, 0.2) is 94.5 Å². The summed E-state index contributed by atoms with van der Waals surface area (Å²) >= 11 is 0. The highest BCUT2D eigenvalue weighted by Gasteiger charge is 2.35. The lowest BCUT2D eigenvalue weighted by Crippen LogP contribution is -2.54. The fourth-order valence-corrected chi connectivity index (χ4v) is 6.01. The molecule has 2 aromatic carbocycles. The Kier molecular flexibility index (Phi) is 9.06. The van der Waals surface area contributed by atoms with Crippen LogP contribution in [0, 0.1) is 0 Å². The van der Waals surface area contributed by atoms with Crippen molar-refractivity contribution in [2.24, 2.45) is 0 Å². The van der Waals surface area contributed by atoms with Crippen molar-refractivity contribution < 1.29 is 32.0 Å². The minimum absolute atomic E-state index is 0.0259. The van der Waals surface area contributed by atoms with Crippen LogP contribution in [0.2, 0.25) is 0 Å². The highest BCUT2D eigenvalue weighted by molar-refractivity contribution is 7.89. The minimum atomic E-state index is -3.98. The molecule has 5 rings (SSSR count).